The third-order valence-corrected chi connectivity index (χ3v) is 5.82. The van der Waals surface area contributed by atoms with Crippen molar-refractivity contribution in [1.82, 2.24) is 19.0 Å². The van der Waals surface area contributed by atoms with E-state index < -0.39 is 0 Å². The minimum Gasteiger partial charge on any atom is -0.332 e. The summed E-state index contributed by atoms with van der Waals surface area (Å²) in [7, 11) is 1.70. The predicted octanol–water partition coefficient (Wildman–Crippen LogP) is 2.45. The molecule has 3 aromatic heterocycles. The van der Waals surface area contributed by atoms with E-state index in [-0.39, 0.29) is 11.5 Å². The van der Waals surface area contributed by atoms with Gasteiger partial charge >= 0.3 is 0 Å². The van der Waals surface area contributed by atoms with Crippen molar-refractivity contribution in [1.29, 1.82) is 0 Å². The summed E-state index contributed by atoms with van der Waals surface area (Å²) in [5.41, 5.74) is 4.32. The number of nitrogens with zero attached hydrogens (tertiary/aromatic N) is 4. The first-order valence-corrected chi connectivity index (χ1v) is 9.41. The normalized spacial score (nSPS) is 13.7. The number of hydrogen-bond donors (Lipinski definition) is 0. The van der Waals surface area contributed by atoms with Crippen LogP contribution in [0.25, 0.3) is 5.00 Å². The topological polar surface area (TPSA) is 60.1 Å². The summed E-state index contributed by atoms with van der Waals surface area (Å²) in [6, 6.07) is 5.99. The molecule has 4 heterocycles. The quantitative estimate of drug-likeness (QED) is 0.698. The smallest absolute Gasteiger partial charge is 0.257 e. The number of carbonyl (C=O) groups excluding carboxylic acids is 1. The number of carbonyl (C=O) groups is 1. The van der Waals surface area contributed by atoms with Crippen LogP contribution in [0.5, 0.6) is 0 Å². The second-order valence-corrected chi connectivity index (χ2v) is 7.55. The van der Waals surface area contributed by atoms with Crippen LogP contribution in [0, 0.1) is 13.8 Å². The van der Waals surface area contributed by atoms with Crippen molar-refractivity contribution in [2.24, 2.45) is 7.05 Å². The zero-order chi connectivity index (χ0) is 18.4. The Labute approximate surface area is 155 Å². The highest BCUT2D eigenvalue weighted by Gasteiger charge is 2.27. The zero-order valence-corrected chi connectivity index (χ0v) is 15.8. The first-order chi connectivity index (χ1) is 12.5. The molecule has 0 radical (unpaired) electrons. The molecule has 0 saturated carbocycles. The Morgan fingerprint density at radius 2 is 1.92 bits per heavy atom. The van der Waals surface area contributed by atoms with Crippen molar-refractivity contribution >= 4 is 17.2 Å². The van der Waals surface area contributed by atoms with E-state index in [1.807, 2.05) is 25.3 Å². The fraction of sp³-hybridized carbons (Fsp3) is 0.316. The van der Waals surface area contributed by atoms with E-state index in [4.69, 9.17) is 0 Å². The molecule has 6 nitrogen and oxygen atoms in total. The van der Waals surface area contributed by atoms with Crippen molar-refractivity contribution in [2.75, 3.05) is 6.54 Å². The molecule has 0 atom stereocenters. The third kappa shape index (κ3) is 2.59. The molecule has 0 aliphatic carbocycles. The average Bonchev–Trinajstić information content (AvgIpc) is 3.23. The summed E-state index contributed by atoms with van der Waals surface area (Å²) >= 11 is 1.56. The maximum absolute atomic E-state index is 13.2. The number of rotatable bonds is 2. The SMILES string of the molecule is Cc1ccc(C)n1-c1sccc1C(=O)N1CCc2c(ncn(C)c2=O)C1. The second-order valence-electron chi connectivity index (χ2n) is 6.65. The number of fused-ring (bicyclic) bond motifs is 1. The van der Waals surface area contributed by atoms with Crippen LogP contribution < -0.4 is 5.56 Å². The van der Waals surface area contributed by atoms with Gasteiger partial charge in [-0.2, -0.15) is 0 Å². The van der Waals surface area contributed by atoms with Crippen LogP contribution in [-0.4, -0.2) is 31.5 Å². The monoisotopic (exact) mass is 368 g/mol. The Kier molecular flexibility index (Phi) is 4.03. The molecule has 0 unspecified atom stereocenters. The molecule has 4 rings (SSSR count). The first-order valence-electron chi connectivity index (χ1n) is 8.53. The lowest BCUT2D eigenvalue weighted by Gasteiger charge is -2.28. The standard InChI is InChI=1S/C19H20N4O2S/c1-12-4-5-13(2)23(12)19-15(7-9-26-19)18(25)22-8-6-14-16(10-22)20-11-21(3)17(14)24/h4-5,7,9,11H,6,8,10H2,1-3H3. The molecule has 1 aliphatic rings. The van der Waals surface area contributed by atoms with Gasteiger partial charge in [0.2, 0.25) is 0 Å². The van der Waals surface area contributed by atoms with Gasteiger partial charge in [-0.05, 0) is 43.8 Å². The van der Waals surface area contributed by atoms with Gasteiger partial charge in [0.15, 0.2) is 0 Å². The molecule has 0 N–H and O–H groups in total. The highest BCUT2D eigenvalue weighted by Crippen LogP contribution is 2.28. The van der Waals surface area contributed by atoms with Crippen LogP contribution in [0.3, 0.4) is 0 Å². The Bertz CT molecular complexity index is 1040. The lowest BCUT2D eigenvalue weighted by atomic mass is 10.1. The van der Waals surface area contributed by atoms with Gasteiger partial charge in [-0.25, -0.2) is 4.98 Å². The van der Waals surface area contributed by atoms with Crippen molar-refractivity contribution in [3.63, 3.8) is 0 Å². The van der Waals surface area contributed by atoms with Gasteiger partial charge < -0.3 is 14.0 Å². The molecular weight excluding hydrogens is 348 g/mol. The molecule has 3 aromatic rings. The molecule has 1 aliphatic heterocycles. The third-order valence-electron chi connectivity index (χ3n) is 4.92. The fourth-order valence-corrected chi connectivity index (χ4v) is 4.50. The number of aromatic nitrogens is 3. The Morgan fingerprint density at radius 1 is 1.19 bits per heavy atom. The molecule has 1 amide bonds. The zero-order valence-electron chi connectivity index (χ0n) is 15.0. The predicted molar refractivity (Wildman–Crippen MR) is 101 cm³/mol. The van der Waals surface area contributed by atoms with Gasteiger partial charge in [0.25, 0.3) is 11.5 Å². The highest BCUT2D eigenvalue weighted by atomic mass is 32.1. The Morgan fingerprint density at radius 3 is 2.65 bits per heavy atom. The molecule has 0 spiro atoms. The van der Waals surface area contributed by atoms with E-state index in [2.05, 4.69) is 21.7 Å². The Hall–Kier alpha value is -2.67. The molecule has 0 saturated heterocycles. The summed E-state index contributed by atoms with van der Waals surface area (Å²) < 4.78 is 3.61. The minimum atomic E-state index is -0.0167. The molecule has 0 fully saturated rings. The van der Waals surface area contributed by atoms with E-state index in [0.29, 0.717) is 30.8 Å². The van der Waals surface area contributed by atoms with Crippen molar-refractivity contribution in [2.45, 2.75) is 26.8 Å². The van der Waals surface area contributed by atoms with Crippen molar-refractivity contribution < 1.29 is 4.79 Å². The lowest BCUT2D eigenvalue weighted by Crippen LogP contribution is -2.40. The van der Waals surface area contributed by atoms with E-state index >= 15 is 0 Å². The summed E-state index contributed by atoms with van der Waals surface area (Å²) in [5, 5.41) is 2.89. The highest BCUT2D eigenvalue weighted by molar-refractivity contribution is 7.13. The van der Waals surface area contributed by atoms with E-state index in [1.54, 1.807) is 23.3 Å². The largest absolute Gasteiger partial charge is 0.332 e. The number of hydrogen-bond acceptors (Lipinski definition) is 4. The second kappa shape index (κ2) is 6.25. The first kappa shape index (κ1) is 16.8. The van der Waals surface area contributed by atoms with Gasteiger partial charge in [-0.15, -0.1) is 11.3 Å². The molecule has 7 heteroatoms. The van der Waals surface area contributed by atoms with Gasteiger partial charge in [-0.3, -0.25) is 9.59 Å². The van der Waals surface area contributed by atoms with Crippen LogP contribution in [-0.2, 0) is 20.0 Å². The summed E-state index contributed by atoms with van der Waals surface area (Å²) in [6.45, 7) is 4.99. The van der Waals surface area contributed by atoms with Crippen molar-refractivity contribution in [3.05, 3.63) is 68.5 Å². The number of aryl methyl sites for hydroxylation is 3. The molecule has 134 valence electrons. The van der Waals surface area contributed by atoms with Crippen LogP contribution >= 0.6 is 11.3 Å². The van der Waals surface area contributed by atoms with E-state index in [0.717, 1.165) is 22.0 Å². The maximum Gasteiger partial charge on any atom is 0.257 e. The van der Waals surface area contributed by atoms with Crippen LogP contribution in [0.4, 0.5) is 0 Å². The summed E-state index contributed by atoms with van der Waals surface area (Å²) in [5.74, 6) is -0.0122. The fourth-order valence-electron chi connectivity index (χ4n) is 3.49. The Balaban J connectivity index is 1.67. The van der Waals surface area contributed by atoms with Crippen LogP contribution in [0.1, 0.15) is 33.0 Å². The number of thiophene rings is 1. The summed E-state index contributed by atoms with van der Waals surface area (Å²) in [4.78, 5) is 31.5. The maximum atomic E-state index is 13.2. The van der Waals surface area contributed by atoms with Gasteiger partial charge in [0.05, 0.1) is 24.1 Å². The summed E-state index contributed by atoms with van der Waals surface area (Å²) in [6.07, 6.45) is 2.07. The van der Waals surface area contributed by atoms with Crippen LogP contribution in [0.15, 0.2) is 34.7 Å². The average molecular weight is 368 g/mol. The molecule has 0 aromatic carbocycles. The van der Waals surface area contributed by atoms with Gasteiger partial charge in [0, 0.05) is 30.5 Å². The van der Waals surface area contributed by atoms with E-state index in [9.17, 15) is 9.59 Å². The van der Waals surface area contributed by atoms with Crippen molar-refractivity contribution in [3.8, 4) is 5.00 Å². The molecule has 0 bridgehead atoms. The van der Waals surface area contributed by atoms with Gasteiger partial charge in [-0.1, -0.05) is 0 Å². The number of amides is 1. The minimum absolute atomic E-state index is 0.0122. The van der Waals surface area contributed by atoms with Crippen LogP contribution in [0.2, 0.25) is 0 Å². The molecular formula is C19H20N4O2S. The van der Waals surface area contributed by atoms with Gasteiger partial charge in [0.1, 0.15) is 5.00 Å². The van der Waals surface area contributed by atoms with E-state index in [1.165, 1.54) is 10.9 Å². The molecule has 26 heavy (non-hydrogen) atoms. The lowest BCUT2D eigenvalue weighted by molar-refractivity contribution is 0.0731.